The second-order valence-corrected chi connectivity index (χ2v) is 17.5. The van der Waals surface area contributed by atoms with Crippen LogP contribution in [0.15, 0.2) is 66.8 Å². The van der Waals surface area contributed by atoms with Gasteiger partial charge in [0.15, 0.2) is 5.82 Å². The van der Waals surface area contributed by atoms with Crippen molar-refractivity contribution in [1.29, 1.82) is 5.26 Å². The molecule has 0 aliphatic carbocycles. The molecule has 69 heavy (non-hydrogen) atoms. The maximum atomic E-state index is 14.9. The Hall–Kier alpha value is -6.98. The third kappa shape index (κ3) is 14.5. The Labute approximate surface area is 404 Å². The lowest BCUT2D eigenvalue weighted by atomic mass is 9.86. The standard InChI is InChI=1S/C50H67N11O8/c1-10-35(50(6,7)8)14-11-29(2)44-56-30(3)42(31(4)57-44)47(64)60-39(28-67-22-18-52)49(66)61(9)43-34-13-16-41(69-24-20-54)37(27-34)36-25-33(12-15-40(36)68-23-19-53)26-38(46(63)55-21-17-51)59-45(62)32(5)58-48(43)65/h10-16,25,27,32,38-39,43H,1,18-24,26,28,52-54H2,2-9H3,(H,55,63)(H,58,65)(H,59,62)(H,60,64)/b29-11+,35-14+/t32-,38-,39-,43-/m0/s1. The van der Waals surface area contributed by atoms with Crippen LogP contribution in [0.2, 0.25) is 0 Å². The number of aromatic nitrogens is 2. The second-order valence-electron chi connectivity index (χ2n) is 17.5. The number of benzene rings is 2. The maximum absolute atomic E-state index is 14.9. The highest BCUT2D eigenvalue weighted by Crippen LogP contribution is 2.40. The fraction of sp³-hybridized carbons (Fsp3) is 0.440. The van der Waals surface area contributed by atoms with Crippen molar-refractivity contribution in [2.75, 3.05) is 59.7 Å². The number of nitrogens with zero attached hydrogens (tertiary/aromatic N) is 4. The van der Waals surface area contributed by atoms with Crippen LogP contribution in [0.5, 0.6) is 11.5 Å². The summed E-state index contributed by atoms with van der Waals surface area (Å²) >= 11 is 0. The van der Waals surface area contributed by atoms with Crippen LogP contribution < -0.4 is 47.9 Å². The molecule has 2 aromatic carbocycles. The van der Waals surface area contributed by atoms with E-state index in [-0.39, 0.29) is 75.6 Å². The number of amides is 5. The Balaban J connectivity index is 1.85. The van der Waals surface area contributed by atoms with Crippen molar-refractivity contribution in [3.63, 3.8) is 0 Å². The van der Waals surface area contributed by atoms with E-state index in [4.69, 9.17) is 31.4 Å². The number of nitrogens with one attached hydrogen (secondary N) is 4. The van der Waals surface area contributed by atoms with Gasteiger partial charge in [-0.3, -0.25) is 24.0 Å². The smallest absolute Gasteiger partial charge is 0.255 e. The van der Waals surface area contributed by atoms with Crippen LogP contribution in [0.4, 0.5) is 0 Å². The van der Waals surface area contributed by atoms with Crippen LogP contribution in [0, 0.1) is 30.6 Å². The Bertz CT molecular complexity index is 2450. The molecule has 10 N–H and O–H groups in total. The zero-order chi connectivity index (χ0) is 51.0. The van der Waals surface area contributed by atoms with Gasteiger partial charge in [-0.2, -0.15) is 5.26 Å². The Morgan fingerprint density at radius 1 is 0.942 bits per heavy atom. The molecule has 3 aromatic rings. The van der Waals surface area contributed by atoms with Gasteiger partial charge in [-0.25, -0.2) is 9.97 Å². The maximum Gasteiger partial charge on any atom is 0.255 e. The molecule has 0 spiro atoms. The van der Waals surface area contributed by atoms with Crippen molar-refractivity contribution in [2.45, 2.75) is 79.1 Å². The zero-order valence-electron chi connectivity index (χ0n) is 40.9. The molecular weight excluding hydrogens is 883 g/mol. The number of carbonyl (C=O) groups excluding carboxylic acids is 5. The number of allylic oxidation sites excluding steroid dienone is 5. The highest BCUT2D eigenvalue weighted by Gasteiger charge is 2.37. The number of fused-ring (bicyclic) bond motifs is 5. The van der Waals surface area contributed by atoms with Crippen LogP contribution in [0.25, 0.3) is 16.7 Å². The molecule has 370 valence electrons. The molecule has 19 nitrogen and oxygen atoms in total. The highest BCUT2D eigenvalue weighted by atomic mass is 16.5. The minimum absolute atomic E-state index is 0.0101. The molecular formula is C50H67N11O8. The van der Waals surface area contributed by atoms with Crippen molar-refractivity contribution < 1.29 is 38.2 Å². The molecule has 1 aliphatic rings. The molecule has 19 heteroatoms. The molecule has 1 aromatic heterocycles. The number of likely N-dealkylation sites (N-methyl/N-ethyl adjacent to an activating group) is 1. The van der Waals surface area contributed by atoms with Gasteiger partial charge < -0.3 is 57.6 Å². The zero-order valence-corrected chi connectivity index (χ0v) is 40.9. The summed E-state index contributed by atoms with van der Waals surface area (Å²) in [6.07, 6.45) is 5.65. The van der Waals surface area contributed by atoms with Crippen molar-refractivity contribution in [2.24, 2.45) is 22.6 Å². The lowest BCUT2D eigenvalue weighted by molar-refractivity contribution is -0.142. The molecule has 4 bridgehead atoms. The quantitative estimate of drug-likeness (QED) is 0.0517. The van der Waals surface area contributed by atoms with Gasteiger partial charge in [-0.05, 0) is 79.6 Å². The summed E-state index contributed by atoms with van der Waals surface area (Å²) in [5.41, 5.74) is 21.7. The van der Waals surface area contributed by atoms with Gasteiger partial charge in [-0.1, -0.05) is 57.7 Å². The van der Waals surface area contributed by atoms with Gasteiger partial charge in [0.2, 0.25) is 23.6 Å². The molecule has 0 radical (unpaired) electrons. The molecule has 5 amide bonds. The highest BCUT2D eigenvalue weighted by molar-refractivity contribution is 6.00. The Morgan fingerprint density at radius 3 is 2.13 bits per heavy atom. The number of hydrogen-bond acceptors (Lipinski definition) is 14. The lowest BCUT2D eigenvalue weighted by Crippen LogP contribution is -2.56. The number of hydrogen-bond donors (Lipinski definition) is 7. The first-order chi connectivity index (χ1) is 32.8. The van der Waals surface area contributed by atoms with Gasteiger partial charge in [0.25, 0.3) is 5.91 Å². The number of nitriles is 1. The molecule has 0 saturated carbocycles. The largest absolute Gasteiger partial charge is 0.492 e. The monoisotopic (exact) mass is 950 g/mol. The number of ether oxygens (including phenoxy) is 3. The van der Waals surface area contributed by atoms with E-state index in [2.05, 4.69) is 58.6 Å². The third-order valence-corrected chi connectivity index (χ3v) is 11.2. The summed E-state index contributed by atoms with van der Waals surface area (Å²) < 4.78 is 18.0. The normalized spacial score (nSPS) is 17.0. The third-order valence-electron chi connectivity index (χ3n) is 11.2. The van der Waals surface area contributed by atoms with Gasteiger partial charge in [0.1, 0.15) is 55.4 Å². The average Bonchev–Trinajstić information content (AvgIpc) is 3.30. The first kappa shape index (κ1) is 54.6. The molecule has 4 rings (SSSR count). The lowest BCUT2D eigenvalue weighted by Gasteiger charge is -2.32. The van der Waals surface area contributed by atoms with E-state index in [0.717, 1.165) is 16.0 Å². The van der Waals surface area contributed by atoms with Crippen molar-refractivity contribution in [3.05, 3.63) is 101 Å². The predicted molar refractivity (Wildman–Crippen MR) is 262 cm³/mol. The van der Waals surface area contributed by atoms with E-state index in [0.29, 0.717) is 45.4 Å². The summed E-state index contributed by atoms with van der Waals surface area (Å²) in [5.74, 6) is -2.37. The molecule has 0 saturated heterocycles. The predicted octanol–water partition coefficient (Wildman–Crippen LogP) is 2.46. The Kier molecular flexibility index (Phi) is 20.1. The van der Waals surface area contributed by atoms with Crippen LogP contribution in [0.3, 0.4) is 0 Å². The minimum atomic E-state index is -1.45. The van der Waals surface area contributed by atoms with E-state index < -0.39 is 53.7 Å². The van der Waals surface area contributed by atoms with Gasteiger partial charge >= 0.3 is 0 Å². The van der Waals surface area contributed by atoms with Crippen LogP contribution >= 0.6 is 0 Å². The van der Waals surface area contributed by atoms with E-state index in [1.54, 1.807) is 56.3 Å². The topological polar surface area (TPSA) is 292 Å². The molecule has 0 unspecified atom stereocenters. The molecule has 2 heterocycles. The van der Waals surface area contributed by atoms with E-state index in [1.807, 2.05) is 25.1 Å². The summed E-state index contributed by atoms with van der Waals surface area (Å²) in [4.78, 5) is 81.4. The fourth-order valence-electron chi connectivity index (χ4n) is 7.53. The molecule has 4 atom stereocenters. The van der Waals surface area contributed by atoms with Crippen molar-refractivity contribution in [3.8, 4) is 28.7 Å². The first-order valence-corrected chi connectivity index (χ1v) is 22.7. The summed E-state index contributed by atoms with van der Waals surface area (Å²) in [6, 6.07) is 6.72. The summed E-state index contributed by atoms with van der Waals surface area (Å²) in [6.45, 7) is 17.0. The van der Waals surface area contributed by atoms with Crippen molar-refractivity contribution in [1.82, 2.24) is 36.1 Å². The number of aryl methyl sites for hydroxylation is 2. The summed E-state index contributed by atoms with van der Waals surface area (Å²) in [5, 5.41) is 19.9. The van der Waals surface area contributed by atoms with Crippen LogP contribution in [-0.2, 0) is 30.3 Å². The second kappa shape index (κ2) is 25.4. The van der Waals surface area contributed by atoms with Gasteiger partial charge in [0, 0.05) is 44.2 Å². The fourth-order valence-corrected chi connectivity index (χ4v) is 7.53. The number of nitrogens with two attached hydrogens (primary N) is 3. The summed E-state index contributed by atoms with van der Waals surface area (Å²) in [7, 11) is 1.39. The SMILES string of the molecule is C=C/C(=C\C=C(/C)c1nc(C)c(C(=O)N[C@@H](COCCN)C(=O)N(C)[C@@H]2C(=O)N[C@@H](C)C(=O)N[C@H](C(=O)NCC#N)Cc3ccc(OCCN)c(c3)-c3cc2ccc3OCCN)c(C)n1)C(C)(C)C. The van der Waals surface area contributed by atoms with E-state index in [9.17, 15) is 29.2 Å². The molecule has 0 fully saturated rings. The number of rotatable bonds is 19. The van der Waals surface area contributed by atoms with Gasteiger partial charge in [0.05, 0.1) is 36.2 Å². The minimum Gasteiger partial charge on any atom is -0.492 e. The number of carbonyl (C=O) groups is 5. The van der Waals surface area contributed by atoms with E-state index >= 15 is 0 Å². The van der Waals surface area contributed by atoms with E-state index in [1.165, 1.54) is 14.0 Å². The van der Waals surface area contributed by atoms with Crippen molar-refractivity contribution >= 4 is 35.1 Å². The Morgan fingerprint density at radius 2 is 1.55 bits per heavy atom. The van der Waals surface area contributed by atoms with Gasteiger partial charge in [-0.15, -0.1) is 0 Å². The molecule has 1 aliphatic heterocycles. The first-order valence-electron chi connectivity index (χ1n) is 22.7. The average molecular weight is 950 g/mol. The van der Waals surface area contributed by atoms with Crippen LogP contribution in [-0.4, -0.2) is 122 Å². The van der Waals surface area contributed by atoms with Crippen LogP contribution in [0.1, 0.15) is 79.4 Å².